The van der Waals surface area contributed by atoms with E-state index in [1.807, 2.05) is 24.4 Å². The maximum absolute atomic E-state index is 4.48. The van der Waals surface area contributed by atoms with Gasteiger partial charge in [0, 0.05) is 34.9 Å². The molecular formula is C18H12N6. The van der Waals surface area contributed by atoms with Gasteiger partial charge in [-0.15, -0.1) is 0 Å². The van der Waals surface area contributed by atoms with Crippen LogP contribution in [0, 0.1) is 0 Å². The SMILES string of the molecule is c1cnc(-c2ccc3[nH]nc(-c4cc5ccncc5[nH]4)c3c2)cn1. The predicted octanol–water partition coefficient (Wildman–Crippen LogP) is 3.56. The van der Waals surface area contributed by atoms with Gasteiger partial charge in [-0.3, -0.25) is 20.1 Å². The second-order valence-electron chi connectivity index (χ2n) is 5.57. The highest BCUT2D eigenvalue weighted by Gasteiger charge is 2.12. The number of fused-ring (bicyclic) bond motifs is 2. The average Bonchev–Trinajstić information content (AvgIpc) is 3.25. The molecule has 0 atom stereocenters. The molecule has 0 bridgehead atoms. The Hall–Kier alpha value is -3.54. The number of rotatable bonds is 2. The third-order valence-electron chi connectivity index (χ3n) is 4.10. The van der Waals surface area contributed by atoms with E-state index in [-0.39, 0.29) is 0 Å². The van der Waals surface area contributed by atoms with Crippen molar-refractivity contribution in [3.8, 4) is 22.6 Å². The first-order valence-electron chi connectivity index (χ1n) is 7.56. The zero-order valence-corrected chi connectivity index (χ0v) is 12.6. The molecule has 1 aromatic carbocycles. The molecule has 114 valence electrons. The van der Waals surface area contributed by atoms with Crippen LogP contribution in [-0.4, -0.2) is 30.1 Å². The number of aromatic amines is 2. The Morgan fingerprint density at radius 1 is 0.833 bits per heavy atom. The van der Waals surface area contributed by atoms with Gasteiger partial charge in [0.15, 0.2) is 0 Å². The van der Waals surface area contributed by atoms with Crippen LogP contribution < -0.4 is 0 Å². The fourth-order valence-electron chi connectivity index (χ4n) is 2.93. The molecule has 6 heteroatoms. The van der Waals surface area contributed by atoms with Crippen molar-refractivity contribution in [1.29, 1.82) is 0 Å². The van der Waals surface area contributed by atoms with Crippen LogP contribution in [0.1, 0.15) is 0 Å². The molecule has 0 unspecified atom stereocenters. The first-order valence-corrected chi connectivity index (χ1v) is 7.56. The van der Waals surface area contributed by atoms with Crippen LogP contribution in [0.4, 0.5) is 0 Å². The Bertz CT molecular complexity index is 1120. The lowest BCUT2D eigenvalue weighted by molar-refractivity contribution is 1.12. The molecule has 0 amide bonds. The highest BCUT2D eigenvalue weighted by Crippen LogP contribution is 2.30. The molecule has 24 heavy (non-hydrogen) atoms. The summed E-state index contributed by atoms with van der Waals surface area (Å²) in [4.78, 5) is 16.0. The first kappa shape index (κ1) is 13.0. The van der Waals surface area contributed by atoms with Crippen LogP contribution in [0.2, 0.25) is 0 Å². The minimum atomic E-state index is 0.840. The molecule has 4 heterocycles. The van der Waals surface area contributed by atoms with Crippen molar-refractivity contribution < 1.29 is 0 Å². The summed E-state index contributed by atoms with van der Waals surface area (Å²) in [5.41, 5.74) is 5.67. The number of hydrogen-bond acceptors (Lipinski definition) is 4. The Kier molecular flexibility index (Phi) is 2.69. The van der Waals surface area contributed by atoms with Crippen molar-refractivity contribution >= 4 is 21.8 Å². The largest absolute Gasteiger partial charge is 0.352 e. The number of nitrogens with zero attached hydrogens (tertiary/aromatic N) is 4. The first-order chi connectivity index (χ1) is 11.9. The van der Waals surface area contributed by atoms with Crippen LogP contribution >= 0.6 is 0 Å². The monoisotopic (exact) mass is 312 g/mol. The molecule has 0 aliphatic heterocycles. The summed E-state index contributed by atoms with van der Waals surface area (Å²) in [5.74, 6) is 0. The lowest BCUT2D eigenvalue weighted by Crippen LogP contribution is -1.84. The van der Waals surface area contributed by atoms with Gasteiger partial charge in [-0.25, -0.2) is 0 Å². The number of pyridine rings is 1. The molecule has 4 aromatic heterocycles. The average molecular weight is 312 g/mol. The molecule has 6 nitrogen and oxygen atoms in total. The van der Waals surface area contributed by atoms with Gasteiger partial charge >= 0.3 is 0 Å². The van der Waals surface area contributed by atoms with E-state index >= 15 is 0 Å². The molecule has 0 saturated heterocycles. The van der Waals surface area contributed by atoms with Gasteiger partial charge in [0.2, 0.25) is 0 Å². The number of hydrogen-bond donors (Lipinski definition) is 2. The van der Waals surface area contributed by atoms with E-state index < -0.39 is 0 Å². The van der Waals surface area contributed by atoms with E-state index in [0.29, 0.717) is 0 Å². The maximum atomic E-state index is 4.48. The molecule has 5 aromatic rings. The number of benzene rings is 1. The minimum Gasteiger partial charge on any atom is -0.352 e. The molecule has 0 aliphatic rings. The van der Waals surface area contributed by atoms with Gasteiger partial charge in [0.25, 0.3) is 0 Å². The summed E-state index contributed by atoms with van der Waals surface area (Å²) in [7, 11) is 0. The van der Waals surface area contributed by atoms with Crippen molar-refractivity contribution in [3.05, 3.63) is 61.3 Å². The second kappa shape index (κ2) is 4.99. The fraction of sp³-hybridized carbons (Fsp3) is 0. The minimum absolute atomic E-state index is 0.840. The molecule has 0 spiro atoms. The second-order valence-corrected chi connectivity index (χ2v) is 5.57. The highest BCUT2D eigenvalue weighted by molar-refractivity contribution is 5.97. The Morgan fingerprint density at radius 3 is 2.67 bits per heavy atom. The van der Waals surface area contributed by atoms with Crippen LogP contribution in [0.5, 0.6) is 0 Å². The third kappa shape index (κ3) is 1.97. The van der Waals surface area contributed by atoms with Gasteiger partial charge in [-0.2, -0.15) is 5.10 Å². The van der Waals surface area contributed by atoms with Gasteiger partial charge < -0.3 is 4.98 Å². The predicted molar refractivity (Wildman–Crippen MR) is 92.2 cm³/mol. The number of nitrogens with one attached hydrogen (secondary N) is 2. The van der Waals surface area contributed by atoms with Crippen molar-refractivity contribution in [2.75, 3.05) is 0 Å². The summed E-state index contributed by atoms with van der Waals surface area (Å²) >= 11 is 0. The summed E-state index contributed by atoms with van der Waals surface area (Å²) in [5, 5.41) is 9.72. The number of H-pyrrole nitrogens is 2. The van der Waals surface area contributed by atoms with E-state index in [1.54, 1.807) is 24.8 Å². The molecule has 0 radical (unpaired) electrons. The van der Waals surface area contributed by atoms with E-state index in [1.165, 1.54) is 0 Å². The van der Waals surface area contributed by atoms with Crippen LogP contribution in [0.3, 0.4) is 0 Å². The Balaban J connectivity index is 1.71. The summed E-state index contributed by atoms with van der Waals surface area (Å²) < 4.78 is 0. The standard InChI is InChI=1S/C18H12N6/c1-2-14-13(7-11(1)16-9-20-5-6-21-16)18(24-23-14)15-8-12-3-4-19-10-17(12)22-15/h1-10,22H,(H,23,24). The molecule has 0 aliphatic carbocycles. The van der Waals surface area contributed by atoms with Crippen LogP contribution in [-0.2, 0) is 0 Å². The fourth-order valence-corrected chi connectivity index (χ4v) is 2.93. The van der Waals surface area contributed by atoms with Crippen LogP contribution in [0.25, 0.3) is 44.5 Å². The zero-order chi connectivity index (χ0) is 15.9. The van der Waals surface area contributed by atoms with E-state index in [0.717, 1.165) is 44.5 Å². The van der Waals surface area contributed by atoms with Crippen molar-refractivity contribution in [3.63, 3.8) is 0 Å². The number of aromatic nitrogens is 6. The third-order valence-corrected chi connectivity index (χ3v) is 4.10. The van der Waals surface area contributed by atoms with E-state index in [4.69, 9.17) is 0 Å². The topological polar surface area (TPSA) is 83.1 Å². The van der Waals surface area contributed by atoms with Crippen molar-refractivity contribution in [2.24, 2.45) is 0 Å². The summed E-state index contributed by atoms with van der Waals surface area (Å²) in [6, 6.07) is 10.2. The normalized spacial score (nSPS) is 11.3. The van der Waals surface area contributed by atoms with Gasteiger partial charge in [-0.05, 0) is 24.3 Å². The van der Waals surface area contributed by atoms with Gasteiger partial charge in [0.05, 0.1) is 34.8 Å². The van der Waals surface area contributed by atoms with Crippen molar-refractivity contribution in [2.45, 2.75) is 0 Å². The van der Waals surface area contributed by atoms with E-state index in [2.05, 4.69) is 42.3 Å². The lowest BCUT2D eigenvalue weighted by atomic mass is 10.1. The molecule has 5 rings (SSSR count). The highest BCUT2D eigenvalue weighted by atomic mass is 15.1. The molecule has 0 saturated carbocycles. The zero-order valence-electron chi connectivity index (χ0n) is 12.6. The van der Waals surface area contributed by atoms with Crippen molar-refractivity contribution in [1.82, 2.24) is 30.1 Å². The quantitative estimate of drug-likeness (QED) is 0.522. The smallest absolute Gasteiger partial charge is 0.116 e. The van der Waals surface area contributed by atoms with Gasteiger partial charge in [0.1, 0.15) is 5.69 Å². The molecule has 0 fully saturated rings. The van der Waals surface area contributed by atoms with Crippen LogP contribution in [0.15, 0.2) is 61.3 Å². The molecular weight excluding hydrogens is 300 g/mol. The Morgan fingerprint density at radius 2 is 1.79 bits per heavy atom. The van der Waals surface area contributed by atoms with Gasteiger partial charge in [-0.1, -0.05) is 6.07 Å². The maximum Gasteiger partial charge on any atom is 0.116 e. The molecule has 2 N–H and O–H groups in total. The summed E-state index contributed by atoms with van der Waals surface area (Å²) in [6.45, 7) is 0. The summed E-state index contributed by atoms with van der Waals surface area (Å²) in [6.07, 6.45) is 8.73. The van der Waals surface area contributed by atoms with E-state index in [9.17, 15) is 0 Å². The lowest BCUT2D eigenvalue weighted by Gasteiger charge is -2.00. The Labute approximate surface area is 136 Å².